The lowest BCUT2D eigenvalue weighted by molar-refractivity contribution is 0.142. The smallest absolute Gasteiger partial charge is 0.109 e. The van der Waals surface area contributed by atoms with Crippen molar-refractivity contribution in [2.45, 2.75) is 25.9 Å². The third kappa shape index (κ3) is 1.78. The summed E-state index contributed by atoms with van der Waals surface area (Å²) in [4.78, 5) is 10.1. The van der Waals surface area contributed by atoms with Crippen LogP contribution < -0.4 is 4.90 Å². The highest BCUT2D eigenvalue weighted by molar-refractivity contribution is 5.80. The maximum atomic E-state index is 9.31. The number of aliphatic hydroxyl groups is 1. The zero-order valence-electron chi connectivity index (χ0n) is 10.1. The predicted octanol–water partition coefficient (Wildman–Crippen LogP) is 1.87. The lowest BCUT2D eigenvalue weighted by Gasteiger charge is -2.37. The van der Waals surface area contributed by atoms with Gasteiger partial charge in [0.1, 0.15) is 5.82 Å². The third-order valence-electron chi connectivity index (χ3n) is 3.26. The fraction of sp³-hybridized carbons (Fsp3) is 0.462. The monoisotopic (exact) mass is 231 g/mol. The van der Waals surface area contributed by atoms with Crippen molar-refractivity contribution in [2.24, 2.45) is 0 Å². The Balaban J connectivity index is 1.95. The molecule has 2 N–H and O–H groups in total. The van der Waals surface area contributed by atoms with E-state index in [1.165, 1.54) is 0 Å². The SMILES string of the molecule is CC(C)c1nc2ccc(N3CC(O)C3)cc2[nH]1. The largest absolute Gasteiger partial charge is 0.389 e. The van der Waals surface area contributed by atoms with Crippen molar-refractivity contribution in [1.29, 1.82) is 0 Å². The summed E-state index contributed by atoms with van der Waals surface area (Å²) in [6.45, 7) is 5.72. The van der Waals surface area contributed by atoms with Crippen LogP contribution in [0.5, 0.6) is 0 Å². The minimum Gasteiger partial charge on any atom is -0.389 e. The second-order valence-corrected chi connectivity index (χ2v) is 5.04. The highest BCUT2D eigenvalue weighted by atomic mass is 16.3. The number of H-pyrrole nitrogens is 1. The highest BCUT2D eigenvalue weighted by Crippen LogP contribution is 2.25. The van der Waals surface area contributed by atoms with Gasteiger partial charge in [0.05, 0.1) is 17.1 Å². The standard InChI is InChI=1S/C13H17N3O/c1-8(2)13-14-11-4-3-9(5-12(11)15-13)16-6-10(17)7-16/h3-5,8,10,17H,6-7H2,1-2H3,(H,14,15). The number of aromatic amines is 1. The molecule has 1 aliphatic heterocycles. The molecule has 0 spiro atoms. The molecule has 0 saturated carbocycles. The molecule has 4 heteroatoms. The minimum atomic E-state index is -0.168. The van der Waals surface area contributed by atoms with Gasteiger partial charge in [-0.25, -0.2) is 4.98 Å². The van der Waals surface area contributed by atoms with Gasteiger partial charge in [0, 0.05) is 24.7 Å². The molecule has 17 heavy (non-hydrogen) atoms. The van der Waals surface area contributed by atoms with Gasteiger partial charge < -0.3 is 15.0 Å². The van der Waals surface area contributed by atoms with E-state index in [1.807, 2.05) is 6.07 Å². The number of hydrogen-bond donors (Lipinski definition) is 2. The first-order valence-corrected chi connectivity index (χ1v) is 6.06. The summed E-state index contributed by atoms with van der Waals surface area (Å²) in [5.41, 5.74) is 3.24. The van der Waals surface area contributed by atoms with E-state index in [-0.39, 0.29) is 6.10 Å². The molecular formula is C13H17N3O. The molecule has 0 aliphatic carbocycles. The fourth-order valence-electron chi connectivity index (χ4n) is 2.15. The van der Waals surface area contributed by atoms with Crippen molar-refractivity contribution in [3.63, 3.8) is 0 Å². The maximum Gasteiger partial charge on any atom is 0.109 e. The van der Waals surface area contributed by atoms with Crippen molar-refractivity contribution < 1.29 is 5.11 Å². The van der Waals surface area contributed by atoms with Gasteiger partial charge in [-0.05, 0) is 18.2 Å². The number of anilines is 1. The van der Waals surface area contributed by atoms with Crippen molar-refractivity contribution in [2.75, 3.05) is 18.0 Å². The van der Waals surface area contributed by atoms with E-state index in [9.17, 15) is 5.11 Å². The Labute approximate surface area is 100 Å². The van der Waals surface area contributed by atoms with Crippen molar-refractivity contribution in [3.05, 3.63) is 24.0 Å². The lowest BCUT2D eigenvalue weighted by atomic mass is 10.1. The molecule has 0 atom stereocenters. The number of rotatable bonds is 2. The van der Waals surface area contributed by atoms with Crippen LogP contribution >= 0.6 is 0 Å². The van der Waals surface area contributed by atoms with Crippen LogP contribution in [-0.4, -0.2) is 34.3 Å². The van der Waals surface area contributed by atoms with E-state index >= 15 is 0 Å². The Bertz CT molecular complexity index is 541. The molecule has 0 bridgehead atoms. The molecule has 0 amide bonds. The molecular weight excluding hydrogens is 214 g/mol. The van der Waals surface area contributed by atoms with E-state index < -0.39 is 0 Å². The molecule has 1 fully saturated rings. The summed E-state index contributed by atoms with van der Waals surface area (Å²) in [5, 5.41) is 9.31. The minimum absolute atomic E-state index is 0.168. The van der Waals surface area contributed by atoms with Gasteiger partial charge >= 0.3 is 0 Å². The quantitative estimate of drug-likeness (QED) is 0.829. The van der Waals surface area contributed by atoms with Crippen LogP contribution in [0.4, 0.5) is 5.69 Å². The summed E-state index contributed by atoms with van der Waals surface area (Å²) in [7, 11) is 0. The van der Waals surface area contributed by atoms with E-state index in [2.05, 4.69) is 40.8 Å². The van der Waals surface area contributed by atoms with Gasteiger partial charge in [0.15, 0.2) is 0 Å². The number of benzene rings is 1. The van der Waals surface area contributed by atoms with E-state index in [1.54, 1.807) is 0 Å². The first-order valence-electron chi connectivity index (χ1n) is 6.06. The van der Waals surface area contributed by atoms with Crippen LogP contribution in [-0.2, 0) is 0 Å². The topological polar surface area (TPSA) is 52.1 Å². The van der Waals surface area contributed by atoms with Gasteiger partial charge in [0.25, 0.3) is 0 Å². The van der Waals surface area contributed by atoms with Crippen molar-refractivity contribution >= 4 is 16.7 Å². The number of imidazole rings is 1. The number of hydrogen-bond acceptors (Lipinski definition) is 3. The number of aromatic nitrogens is 2. The van der Waals surface area contributed by atoms with Gasteiger partial charge in [-0.3, -0.25) is 0 Å². The Morgan fingerprint density at radius 1 is 1.41 bits per heavy atom. The molecule has 1 aromatic carbocycles. The van der Waals surface area contributed by atoms with E-state index in [0.717, 1.165) is 35.6 Å². The molecule has 3 rings (SSSR count). The number of β-amino-alcohol motifs (C(OH)–C–C–N with tert-alkyl or cyclic N) is 1. The average molecular weight is 231 g/mol. The summed E-state index contributed by atoms with van der Waals surface area (Å²) < 4.78 is 0. The molecule has 2 heterocycles. The fourth-order valence-corrected chi connectivity index (χ4v) is 2.15. The average Bonchev–Trinajstić information content (AvgIpc) is 2.67. The van der Waals surface area contributed by atoms with Gasteiger partial charge in [-0.15, -0.1) is 0 Å². The summed E-state index contributed by atoms with van der Waals surface area (Å²) in [6.07, 6.45) is -0.168. The second-order valence-electron chi connectivity index (χ2n) is 5.04. The third-order valence-corrected chi connectivity index (χ3v) is 3.26. The van der Waals surface area contributed by atoms with Crippen LogP contribution in [0.3, 0.4) is 0 Å². The van der Waals surface area contributed by atoms with Crippen molar-refractivity contribution in [1.82, 2.24) is 9.97 Å². The Morgan fingerprint density at radius 2 is 2.18 bits per heavy atom. The van der Waals surface area contributed by atoms with Gasteiger partial charge in [-0.2, -0.15) is 0 Å². The Morgan fingerprint density at radius 3 is 2.82 bits per heavy atom. The maximum absolute atomic E-state index is 9.31. The zero-order chi connectivity index (χ0) is 12.0. The Kier molecular flexibility index (Phi) is 2.33. The molecule has 1 aromatic heterocycles. The van der Waals surface area contributed by atoms with Crippen LogP contribution in [0, 0.1) is 0 Å². The van der Waals surface area contributed by atoms with E-state index in [0.29, 0.717) is 5.92 Å². The molecule has 4 nitrogen and oxygen atoms in total. The molecule has 0 unspecified atom stereocenters. The van der Waals surface area contributed by atoms with Gasteiger partial charge in [0.2, 0.25) is 0 Å². The molecule has 2 aromatic rings. The normalized spacial score (nSPS) is 16.8. The predicted molar refractivity (Wildman–Crippen MR) is 68.4 cm³/mol. The second kappa shape index (κ2) is 3.74. The zero-order valence-corrected chi connectivity index (χ0v) is 10.1. The number of fused-ring (bicyclic) bond motifs is 1. The number of aliphatic hydroxyl groups excluding tert-OH is 1. The van der Waals surface area contributed by atoms with Gasteiger partial charge in [-0.1, -0.05) is 13.8 Å². The Hall–Kier alpha value is -1.55. The van der Waals surface area contributed by atoms with Crippen LogP contribution in [0.15, 0.2) is 18.2 Å². The molecule has 90 valence electrons. The summed E-state index contributed by atoms with van der Waals surface area (Å²) in [5.74, 6) is 1.44. The number of nitrogens with zero attached hydrogens (tertiary/aromatic N) is 2. The first kappa shape index (κ1) is 10.6. The van der Waals surface area contributed by atoms with Crippen LogP contribution in [0.2, 0.25) is 0 Å². The highest BCUT2D eigenvalue weighted by Gasteiger charge is 2.24. The van der Waals surface area contributed by atoms with Crippen LogP contribution in [0.25, 0.3) is 11.0 Å². The lowest BCUT2D eigenvalue weighted by Crippen LogP contribution is -2.50. The van der Waals surface area contributed by atoms with Crippen molar-refractivity contribution in [3.8, 4) is 0 Å². The molecule has 1 aliphatic rings. The number of nitrogens with one attached hydrogen (secondary N) is 1. The molecule has 0 radical (unpaired) electrons. The summed E-state index contributed by atoms with van der Waals surface area (Å²) in [6, 6.07) is 6.22. The molecule has 1 saturated heterocycles. The first-order chi connectivity index (χ1) is 8.13. The summed E-state index contributed by atoms with van der Waals surface area (Å²) >= 11 is 0. The van der Waals surface area contributed by atoms with Crippen LogP contribution in [0.1, 0.15) is 25.6 Å². The van der Waals surface area contributed by atoms with E-state index in [4.69, 9.17) is 0 Å².